The molecule has 0 fully saturated rings. The van der Waals surface area contributed by atoms with Crippen molar-refractivity contribution in [2.75, 3.05) is 12.8 Å². The third-order valence-electron chi connectivity index (χ3n) is 2.66. The van der Waals surface area contributed by atoms with E-state index in [9.17, 15) is 14.4 Å². The van der Waals surface area contributed by atoms with Gasteiger partial charge in [0.05, 0.1) is 0 Å². The highest BCUT2D eigenvalue weighted by Crippen LogP contribution is 2.17. The molecule has 0 aliphatic rings. The largest absolute Gasteiger partial charge is 0.610 e. The first-order valence-corrected chi connectivity index (χ1v) is 9.77. The van der Waals surface area contributed by atoms with E-state index in [0.717, 1.165) is 0 Å². The van der Waals surface area contributed by atoms with Crippen LogP contribution in [-0.4, -0.2) is 45.8 Å². The summed E-state index contributed by atoms with van der Waals surface area (Å²) in [6.07, 6.45) is -1.61. The summed E-state index contributed by atoms with van der Waals surface area (Å²) in [5.41, 5.74) is 0.414. The van der Waals surface area contributed by atoms with E-state index < -0.39 is 39.2 Å². The summed E-state index contributed by atoms with van der Waals surface area (Å²) < 4.78 is 26.5. The van der Waals surface area contributed by atoms with Gasteiger partial charge in [-0.3, -0.25) is 0 Å². The first kappa shape index (κ1) is 23.8. The highest BCUT2D eigenvalue weighted by atomic mass is 28.4. The predicted molar refractivity (Wildman–Crippen MR) is 95.5 cm³/mol. The molecule has 0 N–H and O–H groups in total. The van der Waals surface area contributed by atoms with Crippen molar-refractivity contribution >= 4 is 26.7 Å². The zero-order valence-corrected chi connectivity index (χ0v) is 16.9. The SMILES string of the molecule is C=C(C)C(=O)OC[Si](OCC)(OC(=O)C(=C)C)OC(C)OC(=O)C(=C)C. The molecule has 0 aromatic carbocycles. The van der Waals surface area contributed by atoms with E-state index in [1.54, 1.807) is 6.92 Å². The molecule has 0 rings (SSSR count). The van der Waals surface area contributed by atoms with Crippen LogP contribution in [0.25, 0.3) is 0 Å². The van der Waals surface area contributed by atoms with E-state index in [2.05, 4.69) is 19.7 Å². The molecule has 0 heterocycles. The summed E-state index contributed by atoms with van der Waals surface area (Å²) in [6.45, 7) is 18.0. The van der Waals surface area contributed by atoms with Crippen LogP contribution in [0.2, 0.25) is 0 Å². The summed E-state index contributed by atoms with van der Waals surface area (Å²) in [4.78, 5) is 35.3. The lowest BCUT2D eigenvalue weighted by molar-refractivity contribution is -0.166. The van der Waals surface area contributed by atoms with Crippen LogP contribution in [0.1, 0.15) is 34.6 Å². The molecule has 0 aliphatic heterocycles. The second kappa shape index (κ2) is 10.7. The molecule has 0 aliphatic carbocycles. The smallest absolute Gasteiger partial charge is 0.468 e. The summed E-state index contributed by atoms with van der Waals surface area (Å²) in [7, 11) is -3.90. The Hall–Kier alpha value is -2.23. The molecule has 0 saturated carbocycles. The van der Waals surface area contributed by atoms with Crippen LogP contribution in [0, 0.1) is 0 Å². The van der Waals surface area contributed by atoms with Crippen LogP contribution in [0.5, 0.6) is 0 Å². The zero-order valence-electron chi connectivity index (χ0n) is 15.9. The van der Waals surface area contributed by atoms with Gasteiger partial charge in [0.25, 0.3) is 0 Å². The first-order chi connectivity index (χ1) is 11.9. The second-order valence-corrected chi connectivity index (χ2v) is 7.90. The van der Waals surface area contributed by atoms with Crippen molar-refractivity contribution < 1.29 is 37.1 Å². The normalized spacial score (nSPS) is 13.7. The fourth-order valence-electron chi connectivity index (χ4n) is 1.45. The highest BCUT2D eigenvalue weighted by molar-refractivity contribution is 6.62. The molecule has 0 amide bonds. The zero-order chi connectivity index (χ0) is 20.5. The molecule has 0 radical (unpaired) electrons. The third-order valence-corrected chi connectivity index (χ3v) is 5.07. The average molecular weight is 386 g/mol. The number of carbonyl (C=O) groups excluding carboxylic acids is 3. The van der Waals surface area contributed by atoms with Crippen molar-refractivity contribution in [1.29, 1.82) is 0 Å². The van der Waals surface area contributed by atoms with Crippen molar-refractivity contribution in [2.24, 2.45) is 0 Å². The number of esters is 2. The van der Waals surface area contributed by atoms with Crippen LogP contribution in [0.15, 0.2) is 36.5 Å². The van der Waals surface area contributed by atoms with Gasteiger partial charge in [-0.15, -0.1) is 0 Å². The molecule has 2 atom stereocenters. The van der Waals surface area contributed by atoms with Crippen LogP contribution in [-0.2, 0) is 37.1 Å². The van der Waals surface area contributed by atoms with Gasteiger partial charge in [-0.05, 0) is 34.6 Å². The van der Waals surface area contributed by atoms with Gasteiger partial charge in [0, 0.05) is 23.3 Å². The van der Waals surface area contributed by atoms with Gasteiger partial charge in [-0.1, -0.05) is 19.7 Å². The lowest BCUT2D eigenvalue weighted by atomic mass is 10.4. The standard InChI is InChI=1S/C17H26O8Si/c1-9-22-26(25-17(20)13(6)7,10-21-15(18)11(2)3)24-14(8)23-16(19)12(4)5/h14H,2,4,6,9-10H2,1,3,5,7-8H3. The van der Waals surface area contributed by atoms with Gasteiger partial charge in [0.15, 0.2) is 12.5 Å². The molecule has 0 aromatic rings. The molecule has 2 unspecified atom stereocenters. The lowest BCUT2D eigenvalue weighted by Gasteiger charge is -2.30. The Balaban J connectivity index is 5.47. The monoisotopic (exact) mass is 386 g/mol. The molecule has 0 spiro atoms. The van der Waals surface area contributed by atoms with Crippen molar-refractivity contribution in [3.63, 3.8) is 0 Å². The summed E-state index contributed by atoms with van der Waals surface area (Å²) in [5.74, 6) is -2.18. The Bertz CT molecular complexity index is 598. The Morgan fingerprint density at radius 1 is 0.923 bits per heavy atom. The van der Waals surface area contributed by atoms with Gasteiger partial charge < -0.3 is 22.8 Å². The number of hydrogen-bond acceptors (Lipinski definition) is 8. The first-order valence-electron chi connectivity index (χ1n) is 7.83. The Labute approximate surface area is 154 Å². The Morgan fingerprint density at radius 3 is 1.85 bits per heavy atom. The maximum atomic E-state index is 12.0. The molecule has 0 bridgehead atoms. The molecule has 9 heteroatoms. The fraction of sp³-hybridized carbons (Fsp3) is 0.471. The highest BCUT2D eigenvalue weighted by Gasteiger charge is 2.49. The van der Waals surface area contributed by atoms with Crippen molar-refractivity contribution in [1.82, 2.24) is 0 Å². The third kappa shape index (κ3) is 8.23. The molecular formula is C17H26O8Si. The summed E-state index contributed by atoms with van der Waals surface area (Å²) in [6, 6.07) is 0. The lowest BCUT2D eigenvalue weighted by Crippen LogP contribution is -2.54. The van der Waals surface area contributed by atoms with E-state index in [1.807, 2.05) is 0 Å². The maximum Gasteiger partial charge on any atom is 0.610 e. The second-order valence-electron chi connectivity index (χ2n) is 5.51. The topological polar surface area (TPSA) is 97.4 Å². The van der Waals surface area contributed by atoms with Crippen molar-refractivity contribution in [2.45, 2.75) is 40.9 Å². The molecular weight excluding hydrogens is 360 g/mol. The Morgan fingerprint density at radius 2 is 1.42 bits per heavy atom. The minimum Gasteiger partial charge on any atom is -0.468 e. The fourth-order valence-corrected chi connectivity index (χ4v) is 3.59. The van der Waals surface area contributed by atoms with Gasteiger partial charge >= 0.3 is 26.7 Å². The van der Waals surface area contributed by atoms with E-state index in [4.69, 9.17) is 22.8 Å². The minimum atomic E-state index is -3.90. The van der Waals surface area contributed by atoms with E-state index in [0.29, 0.717) is 0 Å². The van der Waals surface area contributed by atoms with Gasteiger partial charge in [-0.2, -0.15) is 0 Å². The average Bonchev–Trinajstić information content (AvgIpc) is 2.52. The van der Waals surface area contributed by atoms with E-state index in [-0.39, 0.29) is 23.3 Å². The summed E-state index contributed by atoms with van der Waals surface area (Å²) in [5, 5.41) is 0. The van der Waals surface area contributed by atoms with Crippen LogP contribution < -0.4 is 0 Å². The molecule has 8 nitrogen and oxygen atoms in total. The maximum absolute atomic E-state index is 12.0. The molecule has 146 valence electrons. The minimum absolute atomic E-state index is 0.0987. The van der Waals surface area contributed by atoms with Gasteiger partial charge in [0.1, 0.15) is 0 Å². The number of ether oxygens (including phenoxy) is 2. The predicted octanol–water partition coefficient (Wildman–Crippen LogP) is 2.22. The molecule has 0 saturated heterocycles. The number of carbonyl (C=O) groups is 3. The molecule has 0 aromatic heterocycles. The van der Waals surface area contributed by atoms with Crippen LogP contribution in [0.3, 0.4) is 0 Å². The molecule has 26 heavy (non-hydrogen) atoms. The number of rotatable bonds is 11. The van der Waals surface area contributed by atoms with E-state index >= 15 is 0 Å². The van der Waals surface area contributed by atoms with Crippen molar-refractivity contribution in [3.8, 4) is 0 Å². The summed E-state index contributed by atoms with van der Waals surface area (Å²) >= 11 is 0. The van der Waals surface area contributed by atoms with Gasteiger partial charge in [-0.25, -0.2) is 14.4 Å². The van der Waals surface area contributed by atoms with Crippen LogP contribution in [0.4, 0.5) is 0 Å². The quantitative estimate of drug-likeness (QED) is 0.231. The number of hydrogen-bond donors (Lipinski definition) is 0. The van der Waals surface area contributed by atoms with E-state index in [1.165, 1.54) is 27.7 Å². The van der Waals surface area contributed by atoms with Gasteiger partial charge in [0.2, 0.25) is 0 Å². The van der Waals surface area contributed by atoms with Crippen LogP contribution >= 0.6 is 0 Å². The van der Waals surface area contributed by atoms with Crippen molar-refractivity contribution in [3.05, 3.63) is 36.5 Å². The Kier molecular flexibility index (Phi) is 9.77.